The van der Waals surface area contributed by atoms with Crippen molar-refractivity contribution < 1.29 is 9.90 Å². The van der Waals surface area contributed by atoms with E-state index in [2.05, 4.69) is 4.98 Å². The Bertz CT molecular complexity index is 525. The summed E-state index contributed by atoms with van der Waals surface area (Å²) in [6.45, 7) is 0. The lowest BCUT2D eigenvalue weighted by molar-refractivity contribution is -0.138. The highest BCUT2D eigenvalue weighted by Gasteiger charge is 2.20. The molecule has 92 valence electrons. The summed E-state index contributed by atoms with van der Waals surface area (Å²) in [5.41, 5.74) is 1.65. The molecule has 0 aliphatic heterocycles. The van der Waals surface area contributed by atoms with Crippen LogP contribution in [0.25, 0.3) is 0 Å². The summed E-state index contributed by atoms with van der Waals surface area (Å²) < 4.78 is 0. The van der Waals surface area contributed by atoms with Crippen LogP contribution in [-0.4, -0.2) is 16.1 Å². The molecular weight excluding hydrogens is 250 g/mol. The number of aromatic nitrogens is 1. The molecular formula is C14H12ClNO2. The molecule has 3 nitrogen and oxygen atoms in total. The van der Waals surface area contributed by atoms with Gasteiger partial charge in [-0.15, -0.1) is 0 Å². The van der Waals surface area contributed by atoms with E-state index in [-0.39, 0.29) is 0 Å². The number of aliphatic carboxylic acids is 1. The zero-order chi connectivity index (χ0) is 13.0. The van der Waals surface area contributed by atoms with Gasteiger partial charge in [0, 0.05) is 17.4 Å². The quantitative estimate of drug-likeness (QED) is 0.920. The first kappa shape index (κ1) is 12.6. The molecule has 0 radical (unpaired) electrons. The lowest BCUT2D eigenvalue weighted by atomic mass is 9.93. The highest BCUT2D eigenvalue weighted by molar-refractivity contribution is 6.30. The predicted molar refractivity (Wildman–Crippen MR) is 69.8 cm³/mol. The van der Waals surface area contributed by atoms with Crippen molar-refractivity contribution in [2.45, 2.75) is 12.3 Å². The van der Waals surface area contributed by atoms with Crippen molar-refractivity contribution in [3.63, 3.8) is 0 Å². The molecule has 0 amide bonds. The molecule has 1 N–H and O–H groups in total. The summed E-state index contributed by atoms with van der Waals surface area (Å²) in [6.07, 6.45) is 3.78. The molecule has 0 aliphatic rings. The van der Waals surface area contributed by atoms with Gasteiger partial charge in [-0.05, 0) is 35.7 Å². The highest BCUT2D eigenvalue weighted by Crippen LogP contribution is 2.22. The van der Waals surface area contributed by atoms with Gasteiger partial charge in [0.2, 0.25) is 0 Å². The van der Waals surface area contributed by atoms with Crippen LogP contribution in [0.1, 0.15) is 17.0 Å². The van der Waals surface area contributed by atoms with Crippen LogP contribution in [0.4, 0.5) is 0 Å². The van der Waals surface area contributed by atoms with Crippen molar-refractivity contribution in [3.05, 3.63) is 64.9 Å². The van der Waals surface area contributed by atoms with E-state index < -0.39 is 11.9 Å². The smallest absolute Gasteiger partial charge is 0.311 e. The van der Waals surface area contributed by atoms with Gasteiger partial charge in [0.25, 0.3) is 0 Å². The molecule has 0 fully saturated rings. The van der Waals surface area contributed by atoms with Crippen molar-refractivity contribution in [1.29, 1.82) is 0 Å². The topological polar surface area (TPSA) is 50.2 Å². The van der Waals surface area contributed by atoms with Crippen LogP contribution < -0.4 is 0 Å². The molecule has 0 saturated heterocycles. The second kappa shape index (κ2) is 5.65. The molecule has 1 aromatic carbocycles. The van der Waals surface area contributed by atoms with E-state index in [0.717, 1.165) is 11.1 Å². The standard InChI is InChI=1S/C14H12ClNO2/c15-12-5-3-11(4-6-12)13(14(17)18)8-10-2-1-7-16-9-10/h1-7,9,13H,8H2,(H,17,18). The van der Waals surface area contributed by atoms with Crippen molar-refractivity contribution in [2.75, 3.05) is 0 Å². The minimum atomic E-state index is -0.846. The second-order valence-corrected chi connectivity index (χ2v) is 4.44. The summed E-state index contributed by atoms with van der Waals surface area (Å²) in [5, 5.41) is 9.91. The third-order valence-electron chi connectivity index (χ3n) is 2.73. The molecule has 0 saturated carbocycles. The Balaban J connectivity index is 2.24. The van der Waals surface area contributed by atoms with Gasteiger partial charge in [-0.3, -0.25) is 9.78 Å². The van der Waals surface area contributed by atoms with Crippen molar-refractivity contribution in [1.82, 2.24) is 4.98 Å². The third-order valence-corrected chi connectivity index (χ3v) is 2.99. The number of hydrogen-bond acceptors (Lipinski definition) is 2. The normalized spacial score (nSPS) is 12.1. The van der Waals surface area contributed by atoms with Crippen molar-refractivity contribution in [3.8, 4) is 0 Å². The Morgan fingerprint density at radius 2 is 2.00 bits per heavy atom. The van der Waals surface area contributed by atoms with Gasteiger partial charge in [-0.25, -0.2) is 0 Å². The zero-order valence-electron chi connectivity index (χ0n) is 9.58. The van der Waals surface area contributed by atoms with E-state index in [9.17, 15) is 9.90 Å². The fourth-order valence-electron chi connectivity index (χ4n) is 1.80. The Labute approximate surface area is 110 Å². The summed E-state index contributed by atoms with van der Waals surface area (Å²) >= 11 is 5.80. The molecule has 2 rings (SSSR count). The van der Waals surface area contributed by atoms with Crippen molar-refractivity contribution >= 4 is 17.6 Å². The van der Waals surface area contributed by atoms with Gasteiger partial charge >= 0.3 is 5.97 Å². The van der Waals surface area contributed by atoms with Crippen LogP contribution in [0.2, 0.25) is 5.02 Å². The molecule has 1 unspecified atom stereocenters. The first-order chi connectivity index (χ1) is 8.66. The van der Waals surface area contributed by atoms with Crippen molar-refractivity contribution in [2.24, 2.45) is 0 Å². The molecule has 18 heavy (non-hydrogen) atoms. The van der Waals surface area contributed by atoms with Crippen LogP contribution >= 0.6 is 11.6 Å². The maximum absolute atomic E-state index is 11.3. The van der Waals surface area contributed by atoms with E-state index in [1.54, 1.807) is 42.7 Å². The van der Waals surface area contributed by atoms with Gasteiger partial charge in [-0.2, -0.15) is 0 Å². The summed E-state index contributed by atoms with van der Waals surface area (Å²) in [5.74, 6) is -1.42. The molecule has 4 heteroatoms. The third kappa shape index (κ3) is 3.08. The van der Waals surface area contributed by atoms with Crippen LogP contribution in [0.5, 0.6) is 0 Å². The van der Waals surface area contributed by atoms with Crippen LogP contribution in [0, 0.1) is 0 Å². The zero-order valence-corrected chi connectivity index (χ0v) is 10.3. The summed E-state index contributed by atoms with van der Waals surface area (Å²) in [6, 6.07) is 10.6. The number of nitrogens with zero attached hydrogens (tertiary/aromatic N) is 1. The van der Waals surface area contributed by atoms with Gasteiger partial charge in [0.1, 0.15) is 0 Å². The number of carboxylic acid groups (broad SMARTS) is 1. The lowest BCUT2D eigenvalue weighted by Crippen LogP contribution is -2.14. The Hall–Kier alpha value is -1.87. The van der Waals surface area contributed by atoms with Gasteiger partial charge in [-0.1, -0.05) is 29.8 Å². The fraction of sp³-hybridized carbons (Fsp3) is 0.143. The maximum Gasteiger partial charge on any atom is 0.311 e. The SMILES string of the molecule is O=C(O)C(Cc1cccnc1)c1ccc(Cl)cc1. The maximum atomic E-state index is 11.3. The Morgan fingerprint density at radius 1 is 1.28 bits per heavy atom. The minimum absolute atomic E-state index is 0.421. The molecule has 0 bridgehead atoms. The number of carbonyl (C=O) groups is 1. The largest absolute Gasteiger partial charge is 0.481 e. The van der Waals surface area contributed by atoms with E-state index in [1.165, 1.54) is 0 Å². The Kier molecular flexibility index (Phi) is 3.95. The number of benzene rings is 1. The highest BCUT2D eigenvalue weighted by atomic mass is 35.5. The minimum Gasteiger partial charge on any atom is -0.481 e. The average Bonchev–Trinajstić information content (AvgIpc) is 2.38. The monoisotopic (exact) mass is 261 g/mol. The molecule has 1 atom stereocenters. The molecule has 1 heterocycles. The van der Waals surface area contributed by atoms with E-state index in [0.29, 0.717) is 11.4 Å². The fourth-order valence-corrected chi connectivity index (χ4v) is 1.92. The summed E-state index contributed by atoms with van der Waals surface area (Å²) in [4.78, 5) is 15.3. The number of carboxylic acids is 1. The molecule has 0 spiro atoms. The number of rotatable bonds is 4. The van der Waals surface area contributed by atoms with Gasteiger partial charge in [0.15, 0.2) is 0 Å². The average molecular weight is 262 g/mol. The lowest BCUT2D eigenvalue weighted by Gasteiger charge is -2.12. The van der Waals surface area contributed by atoms with E-state index in [1.807, 2.05) is 6.07 Å². The number of halogens is 1. The van der Waals surface area contributed by atoms with Crippen LogP contribution in [0.15, 0.2) is 48.8 Å². The van der Waals surface area contributed by atoms with Gasteiger partial charge in [0.05, 0.1) is 5.92 Å². The first-order valence-electron chi connectivity index (χ1n) is 5.54. The Morgan fingerprint density at radius 3 is 2.56 bits per heavy atom. The number of pyridine rings is 1. The number of hydrogen-bond donors (Lipinski definition) is 1. The van der Waals surface area contributed by atoms with E-state index in [4.69, 9.17) is 11.6 Å². The predicted octanol–water partition coefficient (Wildman–Crippen LogP) is 3.15. The molecule has 1 aromatic heterocycles. The first-order valence-corrected chi connectivity index (χ1v) is 5.92. The van der Waals surface area contributed by atoms with Gasteiger partial charge < -0.3 is 5.11 Å². The van der Waals surface area contributed by atoms with Crippen LogP contribution in [-0.2, 0) is 11.2 Å². The van der Waals surface area contributed by atoms with Crippen LogP contribution in [0.3, 0.4) is 0 Å². The molecule has 2 aromatic rings. The summed E-state index contributed by atoms with van der Waals surface area (Å²) in [7, 11) is 0. The molecule has 0 aliphatic carbocycles. The second-order valence-electron chi connectivity index (χ2n) is 4.01. The van der Waals surface area contributed by atoms with E-state index >= 15 is 0 Å².